The molecule has 0 aromatic heterocycles. The molecule has 1 aliphatic rings. The van der Waals surface area contributed by atoms with Crippen LogP contribution in [0.15, 0.2) is 30.3 Å². The van der Waals surface area contributed by atoms with Gasteiger partial charge in [0.1, 0.15) is 6.17 Å². The largest absolute Gasteiger partial charge is 0.243 e. The lowest BCUT2D eigenvalue weighted by atomic mass is 9.77. The van der Waals surface area contributed by atoms with Gasteiger partial charge >= 0.3 is 0 Å². The van der Waals surface area contributed by atoms with Crippen LogP contribution in [0, 0.1) is 29.4 Å². The lowest BCUT2D eigenvalue weighted by molar-refractivity contribution is 0.0358. The van der Waals surface area contributed by atoms with Crippen molar-refractivity contribution in [1.82, 2.24) is 0 Å². The highest BCUT2D eigenvalue weighted by molar-refractivity contribution is 5.84. The molecular weight excluding hydrogens is 352 g/mol. The van der Waals surface area contributed by atoms with Crippen LogP contribution in [0.5, 0.6) is 0 Å². The van der Waals surface area contributed by atoms with Crippen LogP contribution in [0.2, 0.25) is 0 Å². The Kier molecular flexibility index (Phi) is 6.09. The molecule has 3 atom stereocenters. The molecule has 0 N–H and O–H groups in total. The summed E-state index contributed by atoms with van der Waals surface area (Å²) in [5.41, 5.74) is -1.67. The number of hydrogen-bond donors (Lipinski definition) is 0. The summed E-state index contributed by atoms with van der Waals surface area (Å²) in [4.78, 5) is 0. The summed E-state index contributed by atoms with van der Waals surface area (Å²) in [6.45, 7) is 2.12. The Labute approximate surface area is 158 Å². The molecule has 4 heteroatoms. The maximum absolute atomic E-state index is 15.0. The topological polar surface area (TPSA) is 0 Å². The third-order valence-electron chi connectivity index (χ3n) is 5.49. The average Bonchev–Trinajstić information content (AvgIpc) is 2.66. The van der Waals surface area contributed by atoms with E-state index in [1.165, 1.54) is 18.2 Å². The van der Waals surface area contributed by atoms with E-state index in [0.717, 1.165) is 31.7 Å². The summed E-state index contributed by atoms with van der Waals surface area (Å²) in [6.07, 6.45) is 3.64. The predicted molar refractivity (Wildman–Crippen MR) is 101 cm³/mol. The molecule has 144 valence electrons. The summed E-state index contributed by atoms with van der Waals surface area (Å²) < 4.78 is 56.5. The highest BCUT2D eigenvalue weighted by atomic mass is 19.2. The second-order valence-corrected chi connectivity index (χ2v) is 7.51. The number of benzene rings is 2. The zero-order chi connectivity index (χ0) is 19.4. The fourth-order valence-corrected chi connectivity index (χ4v) is 3.77. The third kappa shape index (κ3) is 4.46. The van der Waals surface area contributed by atoms with Gasteiger partial charge in [0, 0.05) is 10.9 Å². The van der Waals surface area contributed by atoms with E-state index >= 15 is 0 Å². The molecule has 0 heterocycles. The standard InChI is InChI=1S/C23H24F4/c1-2-3-4-5-16-10-12-23(27,21(25)15-16)13-11-17-6-8-19-18(14-17)7-9-20(24)22(19)26/h6-9,14,16,21H,2-5,10,12,15H2,1H3. The van der Waals surface area contributed by atoms with Crippen LogP contribution < -0.4 is 0 Å². The second kappa shape index (κ2) is 8.33. The smallest absolute Gasteiger partial charge is 0.202 e. The van der Waals surface area contributed by atoms with Gasteiger partial charge in [-0.05, 0) is 48.8 Å². The summed E-state index contributed by atoms with van der Waals surface area (Å²) in [5.74, 6) is 3.58. The number of rotatable bonds is 4. The Balaban J connectivity index is 1.73. The van der Waals surface area contributed by atoms with E-state index in [9.17, 15) is 17.6 Å². The predicted octanol–water partition coefficient (Wildman–Crippen LogP) is 6.90. The SMILES string of the molecule is CCCCCC1CCC(F)(C#Cc2ccc3c(F)c(F)ccc3c2)C(F)C1. The molecule has 0 spiro atoms. The summed E-state index contributed by atoms with van der Waals surface area (Å²) in [5, 5.41) is 0.622. The molecule has 27 heavy (non-hydrogen) atoms. The first-order chi connectivity index (χ1) is 12.9. The van der Waals surface area contributed by atoms with Crippen LogP contribution in [0.25, 0.3) is 10.8 Å². The Morgan fingerprint density at radius 3 is 2.70 bits per heavy atom. The molecule has 0 amide bonds. The van der Waals surface area contributed by atoms with E-state index in [1.807, 2.05) is 0 Å². The summed E-state index contributed by atoms with van der Waals surface area (Å²) in [7, 11) is 0. The Morgan fingerprint density at radius 1 is 1.15 bits per heavy atom. The Hall–Kier alpha value is -2.02. The van der Waals surface area contributed by atoms with Gasteiger partial charge < -0.3 is 0 Å². The van der Waals surface area contributed by atoms with Crippen molar-refractivity contribution in [2.45, 2.75) is 63.7 Å². The first-order valence-electron chi connectivity index (χ1n) is 9.67. The van der Waals surface area contributed by atoms with Crippen LogP contribution in [-0.2, 0) is 0 Å². The first kappa shape index (κ1) is 19.7. The van der Waals surface area contributed by atoms with Crippen molar-refractivity contribution < 1.29 is 17.6 Å². The number of alkyl halides is 2. The molecule has 3 rings (SSSR count). The molecule has 0 radical (unpaired) electrons. The molecule has 0 nitrogen and oxygen atoms in total. The highest BCUT2D eigenvalue weighted by Crippen LogP contribution is 2.39. The molecule has 0 bridgehead atoms. The highest BCUT2D eigenvalue weighted by Gasteiger charge is 2.43. The van der Waals surface area contributed by atoms with Gasteiger partial charge in [0.25, 0.3) is 0 Å². The van der Waals surface area contributed by atoms with E-state index in [4.69, 9.17) is 0 Å². The monoisotopic (exact) mass is 376 g/mol. The summed E-state index contributed by atoms with van der Waals surface area (Å²) >= 11 is 0. The van der Waals surface area contributed by atoms with Crippen LogP contribution in [0.4, 0.5) is 17.6 Å². The zero-order valence-corrected chi connectivity index (χ0v) is 15.5. The van der Waals surface area contributed by atoms with Gasteiger partial charge in [-0.3, -0.25) is 0 Å². The van der Waals surface area contributed by atoms with Crippen molar-refractivity contribution in [3.8, 4) is 11.8 Å². The van der Waals surface area contributed by atoms with Crippen molar-refractivity contribution in [3.05, 3.63) is 47.5 Å². The van der Waals surface area contributed by atoms with Crippen LogP contribution in [-0.4, -0.2) is 11.8 Å². The minimum absolute atomic E-state index is 0.103. The molecule has 2 aromatic carbocycles. The van der Waals surface area contributed by atoms with Crippen molar-refractivity contribution >= 4 is 10.8 Å². The minimum Gasteiger partial charge on any atom is -0.243 e. The Bertz CT molecular complexity index is 864. The second-order valence-electron chi connectivity index (χ2n) is 7.51. The van der Waals surface area contributed by atoms with Gasteiger partial charge in [-0.2, -0.15) is 0 Å². The lowest BCUT2D eigenvalue weighted by Crippen LogP contribution is -2.39. The lowest BCUT2D eigenvalue weighted by Gasteiger charge is -2.33. The molecule has 1 saturated carbocycles. The van der Waals surface area contributed by atoms with Gasteiger partial charge in [0.15, 0.2) is 11.6 Å². The van der Waals surface area contributed by atoms with Gasteiger partial charge in [-0.1, -0.05) is 56.6 Å². The van der Waals surface area contributed by atoms with Crippen LogP contribution in [0.3, 0.4) is 0 Å². The van der Waals surface area contributed by atoms with Crippen molar-refractivity contribution in [2.24, 2.45) is 5.92 Å². The van der Waals surface area contributed by atoms with E-state index in [0.29, 0.717) is 17.4 Å². The number of hydrogen-bond acceptors (Lipinski definition) is 0. The maximum atomic E-state index is 15.0. The molecule has 3 unspecified atom stereocenters. The van der Waals surface area contributed by atoms with Crippen LogP contribution >= 0.6 is 0 Å². The fraction of sp³-hybridized carbons (Fsp3) is 0.478. The van der Waals surface area contributed by atoms with Gasteiger partial charge in [0.05, 0.1) is 0 Å². The number of fused-ring (bicyclic) bond motifs is 1. The number of halogens is 4. The molecule has 1 fully saturated rings. The van der Waals surface area contributed by atoms with Crippen molar-refractivity contribution in [3.63, 3.8) is 0 Å². The molecule has 0 aliphatic heterocycles. The van der Waals surface area contributed by atoms with E-state index in [-0.39, 0.29) is 24.1 Å². The maximum Gasteiger partial charge on any atom is 0.202 e. The van der Waals surface area contributed by atoms with Crippen LogP contribution in [0.1, 0.15) is 57.4 Å². The summed E-state index contributed by atoms with van der Waals surface area (Å²) in [6, 6.07) is 6.98. The normalized spacial score (nSPS) is 25.2. The fourth-order valence-electron chi connectivity index (χ4n) is 3.77. The molecule has 0 saturated heterocycles. The van der Waals surface area contributed by atoms with Gasteiger partial charge in [-0.25, -0.2) is 17.6 Å². The van der Waals surface area contributed by atoms with Crippen molar-refractivity contribution in [1.29, 1.82) is 0 Å². The van der Waals surface area contributed by atoms with E-state index < -0.39 is 23.5 Å². The average molecular weight is 376 g/mol. The van der Waals surface area contributed by atoms with Crippen molar-refractivity contribution in [2.75, 3.05) is 0 Å². The van der Waals surface area contributed by atoms with Gasteiger partial charge in [-0.15, -0.1) is 0 Å². The first-order valence-corrected chi connectivity index (χ1v) is 9.67. The minimum atomic E-state index is -2.13. The zero-order valence-electron chi connectivity index (χ0n) is 15.5. The van der Waals surface area contributed by atoms with E-state index in [1.54, 1.807) is 6.07 Å². The van der Waals surface area contributed by atoms with Gasteiger partial charge in [0.2, 0.25) is 5.67 Å². The molecule has 2 aromatic rings. The molecule has 1 aliphatic carbocycles. The Morgan fingerprint density at radius 2 is 1.96 bits per heavy atom. The number of unbranched alkanes of at least 4 members (excludes halogenated alkanes) is 2. The molecular formula is C23H24F4. The quantitative estimate of drug-likeness (QED) is 0.309. The van der Waals surface area contributed by atoms with E-state index in [2.05, 4.69) is 18.8 Å². The third-order valence-corrected chi connectivity index (χ3v) is 5.49.